The van der Waals surface area contributed by atoms with Crippen LogP contribution in [0.5, 0.6) is 5.75 Å². The Morgan fingerprint density at radius 2 is 2.18 bits per heavy atom. The van der Waals surface area contributed by atoms with Crippen LogP contribution in [0.2, 0.25) is 0 Å². The summed E-state index contributed by atoms with van der Waals surface area (Å²) in [6.45, 7) is 1.27. The minimum Gasteiger partial charge on any atom is -0.497 e. The SMILES string of the molecule is COc1ccc([C@H]2Cn3nncc3CO2)cc1. The van der Waals surface area contributed by atoms with Crippen LogP contribution in [0.25, 0.3) is 0 Å². The molecule has 0 aliphatic carbocycles. The van der Waals surface area contributed by atoms with Gasteiger partial charge in [-0.3, -0.25) is 0 Å². The van der Waals surface area contributed by atoms with Gasteiger partial charge in [-0.05, 0) is 17.7 Å². The molecule has 1 atom stereocenters. The van der Waals surface area contributed by atoms with E-state index in [0.29, 0.717) is 13.2 Å². The number of rotatable bonds is 2. The minimum atomic E-state index is 0.0371. The molecule has 88 valence electrons. The van der Waals surface area contributed by atoms with Gasteiger partial charge in [0.1, 0.15) is 11.9 Å². The standard InChI is InChI=1S/C12H13N3O2/c1-16-11-4-2-9(3-5-11)12-7-15-10(8-17-12)6-13-14-15/h2-6,12H,7-8H2,1H3/t12-/m1/s1. The fraction of sp³-hybridized carbons (Fsp3) is 0.333. The second-order valence-electron chi connectivity index (χ2n) is 3.98. The summed E-state index contributed by atoms with van der Waals surface area (Å²) < 4.78 is 12.8. The lowest BCUT2D eigenvalue weighted by Gasteiger charge is -2.23. The number of ether oxygens (including phenoxy) is 2. The van der Waals surface area contributed by atoms with Gasteiger partial charge in [0.2, 0.25) is 0 Å². The lowest BCUT2D eigenvalue weighted by molar-refractivity contribution is -0.00139. The molecule has 5 nitrogen and oxygen atoms in total. The molecule has 0 N–H and O–H groups in total. The molecule has 0 bridgehead atoms. The zero-order valence-corrected chi connectivity index (χ0v) is 9.54. The average molecular weight is 231 g/mol. The van der Waals surface area contributed by atoms with Crippen molar-refractivity contribution in [3.8, 4) is 5.75 Å². The van der Waals surface area contributed by atoms with Crippen molar-refractivity contribution in [2.24, 2.45) is 0 Å². The largest absolute Gasteiger partial charge is 0.497 e. The maximum Gasteiger partial charge on any atom is 0.118 e. The number of aromatic nitrogens is 3. The molecule has 2 heterocycles. The van der Waals surface area contributed by atoms with Crippen LogP contribution >= 0.6 is 0 Å². The third-order valence-electron chi connectivity index (χ3n) is 2.96. The number of fused-ring (bicyclic) bond motifs is 1. The first-order valence-corrected chi connectivity index (χ1v) is 5.50. The Morgan fingerprint density at radius 3 is 2.94 bits per heavy atom. The Labute approximate surface area is 99.0 Å². The van der Waals surface area contributed by atoms with Crippen LogP contribution in [0.15, 0.2) is 30.5 Å². The van der Waals surface area contributed by atoms with Crippen LogP contribution in [-0.2, 0) is 17.9 Å². The van der Waals surface area contributed by atoms with E-state index in [-0.39, 0.29) is 6.10 Å². The van der Waals surface area contributed by atoms with Gasteiger partial charge in [-0.15, -0.1) is 5.10 Å². The zero-order chi connectivity index (χ0) is 11.7. The summed E-state index contributed by atoms with van der Waals surface area (Å²) in [6.07, 6.45) is 1.78. The smallest absolute Gasteiger partial charge is 0.118 e. The molecule has 2 aromatic rings. The summed E-state index contributed by atoms with van der Waals surface area (Å²) in [4.78, 5) is 0. The second kappa shape index (κ2) is 4.18. The van der Waals surface area contributed by atoms with Crippen LogP contribution in [0.4, 0.5) is 0 Å². The van der Waals surface area contributed by atoms with Gasteiger partial charge in [-0.1, -0.05) is 17.3 Å². The Kier molecular flexibility index (Phi) is 2.53. The Hall–Kier alpha value is -1.88. The summed E-state index contributed by atoms with van der Waals surface area (Å²) in [7, 11) is 1.66. The van der Waals surface area contributed by atoms with E-state index >= 15 is 0 Å². The summed E-state index contributed by atoms with van der Waals surface area (Å²) >= 11 is 0. The van der Waals surface area contributed by atoms with E-state index in [0.717, 1.165) is 17.0 Å². The van der Waals surface area contributed by atoms with Gasteiger partial charge in [0.25, 0.3) is 0 Å². The van der Waals surface area contributed by atoms with E-state index in [9.17, 15) is 0 Å². The van der Waals surface area contributed by atoms with Gasteiger partial charge >= 0.3 is 0 Å². The highest BCUT2D eigenvalue weighted by Crippen LogP contribution is 2.26. The fourth-order valence-corrected chi connectivity index (χ4v) is 1.96. The summed E-state index contributed by atoms with van der Waals surface area (Å²) in [6, 6.07) is 7.92. The predicted octanol–water partition coefficient (Wildman–Crippen LogP) is 1.56. The molecule has 1 aromatic carbocycles. The van der Waals surface area contributed by atoms with Gasteiger partial charge in [0.15, 0.2) is 0 Å². The Balaban J connectivity index is 1.81. The van der Waals surface area contributed by atoms with Gasteiger partial charge in [-0.2, -0.15) is 0 Å². The molecule has 1 aliphatic rings. The molecule has 3 rings (SSSR count). The topological polar surface area (TPSA) is 49.2 Å². The Bertz CT molecular complexity index is 507. The maximum absolute atomic E-state index is 5.78. The summed E-state index contributed by atoms with van der Waals surface area (Å²) in [5, 5.41) is 7.90. The molecule has 0 radical (unpaired) electrons. The summed E-state index contributed by atoms with van der Waals surface area (Å²) in [5.74, 6) is 0.853. The van der Waals surface area contributed by atoms with Gasteiger partial charge in [-0.25, -0.2) is 4.68 Å². The van der Waals surface area contributed by atoms with Crippen molar-refractivity contribution in [2.75, 3.05) is 7.11 Å². The molecular weight excluding hydrogens is 218 g/mol. The van der Waals surface area contributed by atoms with Crippen molar-refractivity contribution >= 4 is 0 Å². The van der Waals surface area contributed by atoms with E-state index in [1.807, 2.05) is 28.9 Å². The van der Waals surface area contributed by atoms with Crippen molar-refractivity contribution in [1.29, 1.82) is 0 Å². The second-order valence-corrected chi connectivity index (χ2v) is 3.98. The van der Waals surface area contributed by atoms with Crippen molar-refractivity contribution in [3.63, 3.8) is 0 Å². The molecule has 0 spiro atoms. The molecule has 0 unspecified atom stereocenters. The lowest BCUT2D eigenvalue weighted by atomic mass is 10.1. The molecule has 17 heavy (non-hydrogen) atoms. The molecule has 0 fully saturated rings. The van der Waals surface area contributed by atoms with Crippen molar-refractivity contribution in [1.82, 2.24) is 15.0 Å². The average Bonchev–Trinajstić information content (AvgIpc) is 2.86. The summed E-state index contributed by atoms with van der Waals surface area (Å²) in [5.41, 5.74) is 2.15. The van der Waals surface area contributed by atoms with Crippen molar-refractivity contribution in [2.45, 2.75) is 19.3 Å². The number of methoxy groups -OCH3 is 1. The van der Waals surface area contributed by atoms with Crippen molar-refractivity contribution in [3.05, 3.63) is 41.7 Å². The first-order valence-electron chi connectivity index (χ1n) is 5.50. The van der Waals surface area contributed by atoms with E-state index in [2.05, 4.69) is 10.3 Å². The molecule has 1 aromatic heterocycles. The number of hydrogen-bond acceptors (Lipinski definition) is 4. The highest BCUT2D eigenvalue weighted by molar-refractivity contribution is 5.28. The zero-order valence-electron chi connectivity index (χ0n) is 9.54. The normalized spacial score (nSPS) is 18.8. The molecular formula is C12H13N3O2. The van der Waals surface area contributed by atoms with E-state index < -0.39 is 0 Å². The van der Waals surface area contributed by atoms with Gasteiger partial charge in [0.05, 0.1) is 32.2 Å². The number of nitrogens with zero attached hydrogens (tertiary/aromatic N) is 3. The quantitative estimate of drug-likeness (QED) is 0.787. The molecule has 5 heteroatoms. The van der Waals surface area contributed by atoms with Crippen LogP contribution in [0.3, 0.4) is 0 Å². The third kappa shape index (κ3) is 1.89. The fourth-order valence-electron chi connectivity index (χ4n) is 1.96. The lowest BCUT2D eigenvalue weighted by Crippen LogP contribution is -2.21. The van der Waals surface area contributed by atoms with Gasteiger partial charge < -0.3 is 9.47 Å². The van der Waals surface area contributed by atoms with Crippen molar-refractivity contribution < 1.29 is 9.47 Å². The highest BCUT2D eigenvalue weighted by atomic mass is 16.5. The van der Waals surface area contributed by atoms with Crippen LogP contribution in [0.1, 0.15) is 17.4 Å². The predicted molar refractivity (Wildman–Crippen MR) is 60.5 cm³/mol. The van der Waals surface area contributed by atoms with E-state index in [1.54, 1.807) is 13.3 Å². The van der Waals surface area contributed by atoms with Crippen LogP contribution in [0, 0.1) is 0 Å². The van der Waals surface area contributed by atoms with Crippen LogP contribution in [-0.4, -0.2) is 22.1 Å². The first kappa shape index (κ1) is 10.3. The van der Waals surface area contributed by atoms with E-state index in [4.69, 9.17) is 9.47 Å². The highest BCUT2D eigenvalue weighted by Gasteiger charge is 2.21. The number of benzene rings is 1. The third-order valence-corrected chi connectivity index (χ3v) is 2.96. The van der Waals surface area contributed by atoms with E-state index in [1.165, 1.54) is 0 Å². The monoisotopic (exact) mass is 231 g/mol. The Morgan fingerprint density at radius 1 is 1.35 bits per heavy atom. The van der Waals surface area contributed by atoms with Crippen LogP contribution < -0.4 is 4.74 Å². The minimum absolute atomic E-state index is 0.0371. The molecule has 0 amide bonds. The van der Waals surface area contributed by atoms with Gasteiger partial charge in [0, 0.05) is 0 Å². The molecule has 0 saturated heterocycles. The number of hydrogen-bond donors (Lipinski definition) is 0. The first-order chi connectivity index (χ1) is 8.36. The maximum atomic E-state index is 5.78. The molecule has 1 aliphatic heterocycles. The molecule has 0 saturated carbocycles.